The average molecular weight is 443 g/mol. The minimum absolute atomic E-state index is 0.0292. The molecule has 28 heavy (non-hydrogen) atoms. The van der Waals surface area contributed by atoms with Gasteiger partial charge in [-0.2, -0.15) is 9.98 Å². The molecule has 2 aromatic carbocycles. The van der Waals surface area contributed by atoms with E-state index in [0.717, 1.165) is 6.07 Å². The van der Waals surface area contributed by atoms with Gasteiger partial charge in [0.05, 0.1) is 32.7 Å². The van der Waals surface area contributed by atoms with Crippen LogP contribution in [0.25, 0.3) is 0 Å². The zero-order chi connectivity index (χ0) is 20.9. The van der Waals surface area contributed by atoms with Crippen LogP contribution in [0.3, 0.4) is 0 Å². The van der Waals surface area contributed by atoms with Gasteiger partial charge in [-0.25, -0.2) is 8.42 Å². The van der Waals surface area contributed by atoms with E-state index in [1.807, 2.05) is 6.07 Å². The zero-order valence-electron chi connectivity index (χ0n) is 14.6. The van der Waals surface area contributed by atoms with Crippen molar-refractivity contribution in [2.24, 2.45) is 0 Å². The number of nitrogens with one attached hydrogen (secondary N) is 1. The Kier molecular flexibility index (Phi) is 7.41. The number of aliphatic hydroxyl groups excluding tert-OH is 1. The van der Waals surface area contributed by atoms with Gasteiger partial charge < -0.3 is 9.84 Å². The van der Waals surface area contributed by atoms with E-state index >= 15 is 0 Å². The number of carbonyl (C=O) groups excluding carboxylic acids is 1. The van der Waals surface area contributed by atoms with Crippen molar-refractivity contribution < 1.29 is 23.1 Å². The Morgan fingerprint density at radius 3 is 2.39 bits per heavy atom. The van der Waals surface area contributed by atoms with E-state index in [9.17, 15) is 18.3 Å². The lowest BCUT2D eigenvalue weighted by Crippen LogP contribution is -2.48. The summed E-state index contributed by atoms with van der Waals surface area (Å²) < 4.78 is 32.2. The first-order valence-electron chi connectivity index (χ1n) is 7.95. The van der Waals surface area contributed by atoms with Crippen molar-refractivity contribution in [3.63, 3.8) is 0 Å². The van der Waals surface area contributed by atoms with E-state index in [0.29, 0.717) is 11.1 Å². The summed E-state index contributed by atoms with van der Waals surface area (Å²) in [7, 11) is -4.17. The third-order valence-corrected chi connectivity index (χ3v) is 5.86. The molecule has 0 radical (unpaired) electrons. The van der Waals surface area contributed by atoms with Gasteiger partial charge in [0.25, 0.3) is 0 Å². The minimum Gasteiger partial charge on any atom is -0.460 e. The lowest BCUT2D eigenvalue weighted by Gasteiger charge is -2.20. The number of halogens is 2. The summed E-state index contributed by atoms with van der Waals surface area (Å²) in [6, 6.07) is 10.4. The predicted octanol–water partition coefficient (Wildman–Crippen LogP) is 2.64. The Balaban J connectivity index is 2.11. The lowest BCUT2D eigenvalue weighted by atomic mass is 10.1. The third-order valence-electron chi connectivity index (χ3n) is 3.68. The SMILES string of the molecule is CC(O)C(NS(=O)(=O)c1ccc(Cl)c(Cl)c1)C(=O)OCc1ccc(C#N)cc1. The molecule has 0 saturated heterocycles. The summed E-state index contributed by atoms with van der Waals surface area (Å²) in [5.41, 5.74) is 1.05. The number of nitrogens with zero attached hydrogens (tertiary/aromatic N) is 1. The van der Waals surface area contributed by atoms with Gasteiger partial charge in [-0.15, -0.1) is 0 Å². The summed E-state index contributed by atoms with van der Waals surface area (Å²) in [4.78, 5) is 12.1. The highest BCUT2D eigenvalue weighted by Gasteiger charge is 2.31. The second-order valence-electron chi connectivity index (χ2n) is 5.83. The summed E-state index contributed by atoms with van der Waals surface area (Å²) in [5.74, 6) is -0.956. The molecule has 0 bridgehead atoms. The predicted molar refractivity (Wildman–Crippen MR) is 103 cm³/mol. The molecule has 0 heterocycles. The van der Waals surface area contributed by atoms with E-state index in [1.54, 1.807) is 24.3 Å². The van der Waals surface area contributed by atoms with Gasteiger partial charge in [-0.3, -0.25) is 4.79 Å². The van der Waals surface area contributed by atoms with Crippen molar-refractivity contribution in [2.75, 3.05) is 0 Å². The highest BCUT2D eigenvalue weighted by molar-refractivity contribution is 7.89. The van der Waals surface area contributed by atoms with E-state index in [2.05, 4.69) is 4.72 Å². The highest BCUT2D eigenvalue weighted by Crippen LogP contribution is 2.25. The normalized spacial score (nSPS) is 13.4. The fraction of sp³-hybridized carbons (Fsp3) is 0.222. The zero-order valence-corrected chi connectivity index (χ0v) is 16.9. The van der Waals surface area contributed by atoms with Crippen LogP contribution in [0.2, 0.25) is 10.0 Å². The molecule has 148 valence electrons. The monoisotopic (exact) mass is 442 g/mol. The van der Waals surface area contributed by atoms with Crippen molar-refractivity contribution in [3.8, 4) is 6.07 Å². The average Bonchev–Trinajstić information content (AvgIpc) is 2.66. The molecule has 10 heteroatoms. The van der Waals surface area contributed by atoms with E-state index in [4.69, 9.17) is 33.2 Å². The van der Waals surface area contributed by atoms with E-state index in [-0.39, 0.29) is 21.5 Å². The first-order chi connectivity index (χ1) is 13.1. The van der Waals surface area contributed by atoms with Crippen molar-refractivity contribution >= 4 is 39.2 Å². The van der Waals surface area contributed by atoms with Crippen LogP contribution in [0.15, 0.2) is 47.4 Å². The molecule has 2 aromatic rings. The molecule has 0 amide bonds. The van der Waals surface area contributed by atoms with Crippen LogP contribution in [0.1, 0.15) is 18.1 Å². The lowest BCUT2D eigenvalue weighted by molar-refractivity contribution is -0.149. The fourth-order valence-electron chi connectivity index (χ4n) is 2.14. The summed E-state index contributed by atoms with van der Waals surface area (Å²) in [5, 5.41) is 18.8. The first kappa shape index (κ1) is 22.1. The van der Waals surface area contributed by atoms with Gasteiger partial charge in [0, 0.05) is 0 Å². The number of aliphatic hydroxyl groups is 1. The maximum atomic E-state index is 12.5. The molecule has 0 fully saturated rings. The number of sulfonamides is 1. The number of ether oxygens (including phenoxy) is 1. The van der Waals surface area contributed by atoms with Gasteiger partial charge >= 0.3 is 5.97 Å². The molecule has 2 unspecified atom stereocenters. The van der Waals surface area contributed by atoms with Gasteiger partial charge in [0.2, 0.25) is 10.0 Å². The number of esters is 1. The van der Waals surface area contributed by atoms with Crippen LogP contribution in [-0.2, 0) is 26.2 Å². The standard InChI is InChI=1S/C18H16Cl2N2O5S/c1-11(23)17(18(24)27-10-13-4-2-12(9-21)3-5-13)22-28(25,26)14-6-7-15(19)16(20)8-14/h2-8,11,17,22-23H,10H2,1H3. The summed E-state index contributed by atoms with van der Waals surface area (Å²) in [6.07, 6.45) is -1.36. The third kappa shape index (κ3) is 5.67. The number of carbonyl (C=O) groups is 1. The largest absolute Gasteiger partial charge is 0.460 e. The Hall–Kier alpha value is -2.15. The van der Waals surface area contributed by atoms with Crippen LogP contribution in [0.5, 0.6) is 0 Å². The molecule has 0 aliphatic heterocycles. The quantitative estimate of drug-likeness (QED) is 0.636. The summed E-state index contributed by atoms with van der Waals surface area (Å²) >= 11 is 11.6. The van der Waals surface area contributed by atoms with Crippen molar-refractivity contribution in [2.45, 2.75) is 30.6 Å². The summed E-state index contributed by atoms with van der Waals surface area (Å²) in [6.45, 7) is 1.10. The van der Waals surface area contributed by atoms with Crippen molar-refractivity contribution in [1.29, 1.82) is 5.26 Å². The van der Waals surface area contributed by atoms with Crippen LogP contribution >= 0.6 is 23.2 Å². The first-order valence-corrected chi connectivity index (χ1v) is 10.2. The molecule has 2 atom stereocenters. The van der Waals surface area contributed by atoms with E-state index < -0.39 is 28.1 Å². The molecule has 0 saturated carbocycles. The number of nitriles is 1. The molecule has 2 rings (SSSR count). The molecule has 0 spiro atoms. The van der Waals surface area contributed by atoms with E-state index in [1.165, 1.54) is 19.1 Å². The molecular formula is C18H16Cl2N2O5S. The van der Waals surface area contributed by atoms with Gasteiger partial charge in [-0.05, 0) is 42.8 Å². The number of hydrogen-bond acceptors (Lipinski definition) is 6. The van der Waals surface area contributed by atoms with Gasteiger partial charge in [0.1, 0.15) is 12.6 Å². The maximum Gasteiger partial charge on any atom is 0.327 e. The topological polar surface area (TPSA) is 116 Å². The molecule has 0 aromatic heterocycles. The minimum atomic E-state index is -4.17. The maximum absolute atomic E-state index is 12.5. The van der Waals surface area contributed by atoms with Crippen LogP contribution < -0.4 is 4.72 Å². The fourth-order valence-corrected chi connectivity index (χ4v) is 3.79. The van der Waals surface area contributed by atoms with Gasteiger partial charge in [-0.1, -0.05) is 35.3 Å². The van der Waals surface area contributed by atoms with Crippen LogP contribution in [0, 0.1) is 11.3 Å². The Labute approximate surface area is 172 Å². The molecular weight excluding hydrogens is 427 g/mol. The van der Waals surface area contributed by atoms with Crippen LogP contribution in [0.4, 0.5) is 0 Å². The van der Waals surface area contributed by atoms with Gasteiger partial charge in [0.15, 0.2) is 0 Å². The van der Waals surface area contributed by atoms with Crippen molar-refractivity contribution in [1.82, 2.24) is 4.72 Å². The molecule has 0 aliphatic rings. The number of hydrogen-bond donors (Lipinski definition) is 2. The second-order valence-corrected chi connectivity index (χ2v) is 8.36. The number of benzene rings is 2. The Morgan fingerprint density at radius 1 is 1.21 bits per heavy atom. The Morgan fingerprint density at radius 2 is 1.86 bits per heavy atom. The number of rotatable bonds is 7. The van der Waals surface area contributed by atoms with Crippen molar-refractivity contribution in [3.05, 3.63) is 63.6 Å². The smallest absolute Gasteiger partial charge is 0.327 e. The second kappa shape index (κ2) is 9.37. The molecule has 0 aliphatic carbocycles. The Bertz CT molecular complexity index is 1000. The van der Waals surface area contributed by atoms with Crippen LogP contribution in [-0.4, -0.2) is 31.6 Å². The molecule has 7 nitrogen and oxygen atoms in total. The molecule has 2 N–H and O–H groups in total. The highest BCUT2D eigenvalue weighted by atomic mass is 35.5.